The standard InChI is InChI=1S/C30H39O2P/c1-7-8-12-27-22(4)19-25-11-9-10-13-28(25)29(27)20-31-23(5)32-26-16-14-24(15-17-26)30(33-6)18-21(2)3/h8-17,19,21,23,30,33H,7,18,20H2,1-6H3/b12-8-. The fraction of sp³-hybridized carbons (Fsp3) is 0.400. The highest BCUT2D eigenvalue weighted by Crippen LogP contribution is 2.38. The van der Waals surface area contributed by atoms with Crippen molar-refractivity contribution in [1.82, 2.24) is 0 Å². The van der Waals surface area contributed by atoms with Gasteiger partial charge in [-0.05, 0) is 84.4 Å². The number of aryl methyl sites for hydroxylation is 1. The molecule has 3 rings (SSSR count). The van der Waals surface area contributed by atoms with Crippen LogP contribution in [0.4, 0.5) is 0 Å². The second kappa shape index (κ2) is 12.4. The highest BCUT2D eigenvalue weighted by molar-refractivity contribution is 7.37. The fourth-order valence-corrected chi connectivity index (χ4v) is 5.54. The first-order valence-electron chi connectivity index (χ1n) is 12.2. The Kier molecular flexibility index (Phi) is 9.53. The molecule has 0 bridgehead atoms. The summed E-state index contributed by atoms with van der Waals surface area (Å²) in [5, 5.41) is 2.49. The number of hydrogen-bond donors (Lipinski definition) is 0. The smallest absolute Gasteiger partial charge is 0.197 e. The summed E-state index contributed by atoms with van der Waals surface area (Å²) in [6.45, 7) is 13.7. The molecule has 0 heterocycles. The first-order valence-corrected chi connectivity index (χ1v) is 13.7. The Morgan fingerprint density at radius 2 is 1.73 bits per heavy atom. The normalized spacial score (nSPS) is 14.0. The molecule has 0 saturated carbocycles. The lowest BCUT2D eigenvalue weighted by molar-refractivity contribution is -0.0756. The lowest BCUT2D eigenvalue weighted by Crippen LogP contribution is -2.16. The van der Waals surface area contributed by atoms with Crippen LogP contribution in [-0.4, -0.2) is 13.0 Å². The minimum Gasteiger partial charge on any atom is -0.465 e. The largest absolute Gasteiger partial charge is 0.465 e. The third-order valence-corrected chi connectivity index (χ3v) is 7.30. The number of rotatable bonds is 11. The van der Waals surface area contributed by atoms with Crippen LogP contribution in [0.1, 0.15) is 68.4 Å². The molecule has 3 aromatic rings. The van der Waals surface area contributed by atoms with Crippen LogP contribution >= 0.6 is 8.58 Å². The summed E-state index contributed by atoms with van der Waals surface area (Å²) in [6, 6.07) is 19.4. The van der Waals surface area contributed by atoms with Crippen molar-refractivity contribution in [1.29, 1.82) is 0 Å². The van der Waals surface area contributed by atoms with Gasteiger partial charge in [-0.1, -0.05) is 75.4 Å². The van der Waals surface area contributed by atoms with E-state index in [-0.39, 0.29) is 6.29 Å². The quantitative estimate of drug-likeness (QED) is 0.209. The van der Waals surface area contributed by atoms with Gasteiger partial charge in [-0.3, -0.25) is 0 Å². The third kappa shape index (κ3) is 6.92. The highest BCUT2D eigenvalue weighted by Gasteiger charge is 2.14. The van der Waals surface area contributed by atoms with E-state index >= 15 is 0 Å². The van der Waals surface area contributed by atoms with Crippen molar-refractivity contribution in [3.8, 4) is 5.75 Å². The molecular weight excluding hydrogens is 423 g/mol. The van der Waals surface area contributed by atoms with E-state index in [2.05, 4.69) is 101 Å². The summed E-state index contributed by atoms with van der Waals surface area (Å²) in [5.41, 5.74) is 5.79. The predicted molar refractivity (Wildman–Crippen MR) is 146 cm³/mol. The molecule has 0 amide bonds. The average molecular weight is 463 g/mol. The molecule has 3 atom stereocenters. The van der Waals surface area contributed by atoms with Gasteiger partial charge < -0.3 is 9.47 Å². The molecule has 176 valence electrons. The first kappa shape index (κ1) is 25.5. The zero-order valence-corrected chi connectivity index (χ0v) is 22.0. The minimum atomic E-state index is -0.336. The van der Waals surface area contributed by atoms with Gasteiger partial charge >= 0.3 is 0 Å². The Hall–Kier alpha value is -2.15. The van der Waals surface area contributed by atoms with Gasteiger partial charge in [-0.2, -0.15) is 0 Å². The van der Waals surface area contributed by atoms with Crippen LogP contribution in [0.3, 0.4) is 0 Å². The summed E-state index contributed by atoms with van der Waals surface area (Å²) in [6.07, 6.45) is 6.35. The van der Waals surface area contributed by atoms with Crippen LogP contribution in [0.25, 0.3) is 16.8 Å². The molecule has 0 aliphatic carbocycles. The summed E-state index contributed by atoms with van der Waals surface area (Å²) < 4.78 is 12.3. The molecule has 2 nitrogen and oxygen atoms in total. The van der Waals surface area contributed by atoms with Crippen molar-refractivity contribution < 1.29 is 9.47 Å². The van der Waals surface area contributed by atoms with E-state index in [0.717, 1.165) is 20.8 Å². The lowest BCUT2D eigenvalue weighted by atomic mass is 9.94. The third-order valence-electron chi connectivity index (χ3n) is 6.03. The van der Waals surface area contributed by atoms with Gasteiger partial charge in [0.05, 0.1) is 6.61 Å². The van der Waals surface area contributed by atoms with E-state index in [4.69, 9.17) is 9.47 Å². The van der Waals surface area contributed by atoms with Crippen LogP contribution in [0.15, 0.2) is 60.7 Å². The molecule has 3 unspecified atom stereocenters. The number of ether oxygens (including phenoxy) is 2. The van der Waals surface area contributed by atoms with E-state index in [1.54, 1.807) is 0 Å². The Balaban J connectivity index is 1.72. The second-order valence-electron chi connectivity index (χ2n) is 9.15. The number of hydrogen-bond acceptors (Lipinski definition) is 2. The first-order chi connectivity index (χ1) is 15.9. The summed E-state index contributed by atoms with van der Waals surface area (Å²) in [7, 11) is 0.914. The molecule has 0 radical (unpaired) electrons. The van der Waals surface area contributed by atoms with Crippen molar-refractivity contribution in [3.63, 3.8) is 0 Å². The van der Waals surface area contributed by atoms with Crippen LogP contribution in [0.2, 0.25) is 0 Å². The molecule has 0 aliphatic rings. The van der Waals surface area contributed by atoms with E-state index in [0.29, 0.717) is 18.2 Å². The zero-order valence-electron chi connectivity index (χ0n) is 21.0. The van der Waals surface area contributed by atoms with Crippen LogP contribution in [0.5, 0.6) is 5.75 Å². The van der Waals surface area contributed by atoms with Gasteiger partial charge in [-0.15, -0.1) is 8.58 Å². The maximum atomic E-state index is 6.21. The van der Waals surface area contributed by atoms with E-state index in [1.165, 1.54) is 39.4 Å². The van der Waals surface area contributed by atoms with Gasteiger partial charge in [0.2, 0.25) is 0 Å². The van der Waals surface area contributed by atoms with Crippen LogP contribution < -0.4 is 4.74 Å². The molecule has 0 aliphatic heterocycles. The molecule has 0 saturated heterocycles. The molecule has 0 spiro atoms. The highest BCUT2D eigenvalue weighted by atomic mass is 31.1. The van der Waals surface area contributed by atoms with Crippen molar-refractivity contribution in [3.05, 3.63) is 82.9 Å². The van der Waals surface area contributed by atoms with Crippen LogP contribution in [0, 0.1) is 12.8 Å². The van der Waals surface area contributed by atoms with Crippen molar-refractivity contribution in [2.75, 3.05) is 6.66 Å². The molecule has 33 heavy (non-hydrogen) atoms. The Morgan fingerprint density at radius 1 is 1.00 bits per heavy atom. The topological polar surface area (TPSA) is 18.5 Å². The lowest BCUT2D eigenvalue weighted by Gasteiger charge is -2.20. The molecule has 0 fully saturated rings. The SMILES string of the molecule is CC/C=C\c1c(C)cc2ccccc2c1COC(C)Oc1ccc(C(CC(C)C)PC)cc1. The Bertz CT molecular complexity index is 1050. The second-order valence-corrected chi connectivity index (χ2v) is 10.4. The predicted octanol–water partition coefficient (Wildman–Crippen LogP) is 8.91. The van der Waals surface area contributed by atoms with Gasteiger partial charge in [-0.25, -0.2) is 0 Å². The number of benzene rings is 3. The average Bonchev–Trinajstić information content (AvgIpc) is 2.80. The zero-order chi connectivity index (χ0) is 23.8. The maximum Gasteiger partial charge on any atom is 0.197 e. The monoisotopic (exact) mass is 462 g/mol. The molecule has 0 N–H and O–H groups in total. The summed E-state index contributed by atoms with van der Waals surface area (Å²) in [5.74, 6) is 1.57. The van der Waals surface area contributed by atoms with E-state index in [1.807, 2.05) is 6.92 Å². The molecular formula is C30H39O2P. The molecule has 3 aromatic carbocycles. The van der Waals surface area contributed by atoms with Crippen LogP contribution in [-0.2, 0) is 11.3 Å². The van der Waals surface area contributed by atoms with Gasteiger partial charge in [0, 0.05) is 5.66 Å². The van der Waals surface area contributed by atoms with Crippen molar-refractivity contribution in [2.24, 2.45) is 5.92 Å². The van der Waals surface area contributed by atoms with Gasteiger partial charge in [0.15, 0.2) is 6.29 Å². The van der Waals surface area contributed by atoms with Gasteiger partial charge in [0.25, 0.3) is 0 Å². The number of fused-ring (bicyclic) bond motifs is 1. The van der Waals surface area contributed by atoms with E-state index < -0.39 is 0 Å². The Morgan fingerprint density at radius 3 is 2.39 bits per heavy atom. The fourth-order valence-electron chi connectivity index (χ4n) is 4.31. The summed E-state index contributed by atoms with van der Waals surface area (Å²) >= 11 is 0. The van der Waals surface area contributed by atoms with Crippen molar-refractivity contribution >= 4 is 25.4 Å². The van der Waals surface area contributed by atoms with E-state index in [9.17, 15) is 0 Å². The summed E-state index contributed by atoms with van der Waals surface area (Å²) in [4.78, 5) is 0. The number of allylic oxidation sites excluding steroid dienone is 1. The molecule has 0 aromatic heterocycles. The van der Waals surface area contributed by atoms with Gasteiger partial charge in [0.1, 0.15) is 5.75 Å². The maximum absolute atomic E-state index is 6.21. The van der Waals surface area contributed by atoms with Crippen molar-refractivity contribution in [2.45, 2.75) is 66.0 Å². The minimum absolute atomic E-state index is 0.336. The molecule has 3 heteroatoms. The Labute approximate surface area is 202 Å².